The highest BCUT2D eigenvalue weighted by Crippen LogP contribution is 2.29. The fourth-order valence-corrected chi connectivity index (χ4v) is 1.46. The lowest BCUT2D eigenvalue weighted by atomic mass is 10.1. The molecule has 0 unspecified atom stereocenters. The van der Waals surface area contributed by atoms with Gasteiger partial charge in [-0.15, -0.1) is 0 Å². The van der Waals surface area contributed by atoms with E-state index in [1.165, 1.54) is 12.3 Å². The molecule has 3 nitrogen and oxygen atoms in total. The molecule has 0 aliphatic carbocycles. The number of ether oxygens (including phenoxy) is 1. The lowest BCUT2D eigenvalue weighted by molar-refractivity contribution is -0.142. The van der Waals surface area contributed by atoms with E-state index in [1.807, 2.05) is 0 Å². The molecular formula is C10H10ClF2NO2. The minimum atomic E-state index is -2.76. The van der Waals surface area contributed by atoms with E-state index in [2.05, 4.69) is 9.72 Å². The molecule has 1 heterocycles. The zero-order valence-corrected chi connectivity index (χ0v) is 9.30. The van der Waals surface area contributed by atoms with Crippen molar-refractivity contribution in [3.63, 3.8) is 0 Å². The van der Waals surface area contributed by atoms with Gasteiger partial charge in [0.05, 0.1) is 29.3 Å². The number of carbonyl (C=O) groups excluding carboxylic acids is 1. The molecule has 1 aromatic rings. The van der Waals surface area contributed by atoms with Crippen molar-refractivity contribution in [1.82, 2.24) is 4.98 Å². The van der Waals surface area contributed by atoms with Crippen molar-refractivity contribution < 1.29 is 18.3 Å². The van der Waals surface area contributed by atoms with Crippen LogP contribution in [0.15, 0.2) is 12.3 Å². The van der Waals surface area contributed by atoms with E-state index < -0.39 is 18.0 Å². The second-order valence-electron chi connectivity index (χ2n) is 2.94. The molecule has 0 fully saturated rings. The zero-order valence-electron chi connectivity index (χ0n) is 8.54. The molecular weight excluding hydrogens is 240 g/mol. The second-order valence-corrected chi connectivity index (χ2v) is 3.34. The van der Waals surface area contributed by atoms with Gasteiger partial charge in [-0.25, -0.2) is 8.78 Å². The van der Waals surface area contributed by atoms with Gasteiger partial charge in [-0.05, 0) is 13.0 Å². The molecule has 0 N–H and O–H groups in total. The van der Waals surface area contributed by atoms with E-state index >= 15 is 0 Å². The van der Waals surface area contributed by atoms with E-state index in [0.717, 1.165) is 0 Å². The fraction of sp³-hybridized carbons (Fsp3) is 0.400. The largest absolute Gasteiger partial charge is 0.466 e. The highest BCUT2D eigenvalue weighted by Gasteiger charge is 2.20. The SMILES string of the molecule is CCOC(=O)Cc1nccc(Cl)c1C(F)F. The molecule has 0 aliphatic heterocycles. The summed E-state index contributed by atoms with van der Waals surface area (Å²) in [5, 5.41) is -0.0932. The van der Waals surface area contributed by atoms with Gasteiger partial charge in [-0.1, -0.05) is 11.6 Å². The van der Waals surface area contributed by atoms with Crippen LogP contribution in [0.5, 0.6) is 0 Å². The molecule has 0 amide bonds. The quantitative estimate of drug-likeness (QED) is 0.771. The Hall–Kier alpha value is -1.23. The molecule has 0 radical (unpaired) electrons. The molecule has 0 saturated heterocycles. The third-order valence-corrected chi connectivity index (χ3v) is 2.18. The van der Waals surface area contributed by atoms with Gasteiger partial charge in [-0.3, -0.25) is 9.78 Å². The molecule has 0 aromatic carbocycles. The second kappa shape index (κ2) is 5.75. The number of nitrogens with zero attached hydrogens (tertiary/aromatic N) is 1. The first kappa shape index (κ1) is 12.8. The van der Waals surface area contributed by atoms with Crippen molar-refractivity contribution in [2.75, 3.05) is 6.61 Å². The van der Waals surface area contributed by atoms with Crippen LogP contribution in [0.2, 0.25) is 5.02 Å². The van der Waals surface area contributed by atoms with Gasteiger partial charge in [-0.2, -0.15) is 0 Å². The van der Waals surface area contributed by atoms with Crippen LogP contribution in [-0.4, -0.2) is 17.6 Å². The molecule has 1 aromatic heterocycles. The Morgan fingerprint density at radius 1 is 1.62 bits per heavy atom. The van der Waals surface area contributed by atoms with Gasteiger partial charge in [0.2, 0.25) is 0 Å². The van der Waals surface area contributed by atoms with Crippen LogP contribution in [0.1, 0.15) is 24.6 Å². The average molecular weight is 250 g/mol. The summed E-state index contributed by atoms with van der Waals surface area (Å²) in [5.41, 5.74) is -0.446. The van der Waals surface area contributed by atoms with Gasteiger partial charge in [0.25, 0.3) is 6.43 Å². The molecule has 88 valence electrons. The van der Waals surface area contributed by atoms with E-state index in [-0.39, 0.29) is 23.7 Å². The Kier molecular flexibility index (Phi) is 4.61. The number of pyridine rings is 1. The standard InChI is InChI=1S/C10H10ClF2NO2/c1-2-16-8(15)5-7-9(10(12)13)6(11)3-4-14-7/h3-4,10H,2,5H2,1H3. The minimum Gasteiger partial charge on any atom is -0.466 e. The van der Waals surface area contributed by atoms with Crippen molar-refractivity contribution in [2.45, 2.75) is 19.8 Å². The first-order chi connectivity index (χ1) is 7.56. The zero-order chi connectivity index (χ0) is 12.1. The van der Waals surface area contributed by atoms with Crippen LogP contribution in [-0.2, 0) is 16.0 Å². The molecule has 0 spiro atoms. The summed E-state index contributed by atoms with van der Waals surface area (Å²) in [6.45, 7) is 1.83. The monoisotopic (exact) mass is 249 g/mol. The Morgan fingerprint density at radius 2 is 2.31 bits per heavy atom. The van der Waals surface area contributed by atoms with Crippen LogP contribution in [0.25, 0.3) is 0 Å². The fourth-order valence-electron chi connectivity index (χ4n) is 1.21. The van der Waals surface area contributed by atoms with Crippen molar-refractivity contribution >= 4 is 17.6 Å². The summed E-state index contributed by atoms with van der Waals surface area (Å²) < 4.78 is 29.9. The van der Waals surface area contributed by atoms with Gasteiger partial charge in [0, 0.05) is 6.20 Å². The molecule has 1 rings (SSSR count). The number of carbonyl (C=O) groups is 1. The van der Waals surface area contributed by atoms with Crippen LogP contribution in [0.3, 0.4) is 0 Å². The van der Waals surface area contributed by atoms with E-state index in [1.54, 1.807) is 6.92 Å². The molecule has 0 atom stereocenters. The van der Waals surface area contributed by atoms with Crippen molar-refractivity contribution in [3.05, 3.63) is 28.5 Å². The number of rotatable bonds is 4. The molecule has 16 heavy (non-hydrogen) atoms. The number of hydrogen-bond donors (Lipinski definition) is 0. The van der Waals surface area contributed by atoms with Gasteiger partial charge < -0.3 is 4.74 Å². The number of aromatic nitrogens is 1. The van der Waals surface area contributed by atoms with Crippen molar-refractivity contribution in [3.8, 4) is 0 Å². The maximum Gasteiger partial charge on any atom is 0.311 e. The number of esters is 1. The Labute approximate surface area is 96.4 Å². The average Bonchev–Trinajstić information content (AvgIpc) is 2.17. The third kappa shape index (κ3) is 3.13. The Balaban J connectivity index is 2.95. The van der Waals surface area contributed by atoms with Gasteiger partial charge in [0.15, 0.2) is 0 Å². The summed E-state index contributed by atoms with van der Waals surface area (Å²) in [6, 6.07) is 1.26. The maximum atomic E-state index is 12.6. The highest BCUT2D eigenvalue weighted by atomic mass is 35.5. The molecule has 0 aliphatic rings. The third-order valence-electron chi connectivity index (χ3n) is 1.85. The van der Waals surface area contributed by atoms with Gasteiger partial charge in [0.1, 0.15) is 0 Å². The summed E-state index contributed by atoms with van der Waals surface area (Å²) in [7, 11) is 0. The maximum absolute atomic E-state index is 12.6. The van der Waals surface area contributed by atoms with Crippen molar-refractivity contribution in [2.24, 2.45) is 0 Å². The summed E-state index contributed by atoms with van der Waals surface area (Å²) >= 11 is 5.61. The Bertz CT molecular complexity index is 385. The number of halogens is 3. The minimum absolute atomic E-state index is 0.0408. The Morgan fingerprint density at radius 3 is 2.88 bits per heavy atom. The highest BCUT2D eigenvalue weighted by molar-refractivity contribution is 6.31. The van der Waals surface area contributed by atoms with Crippen LogP contribution in [0.4, 0.5) is 8.78 Å². The molecule has 0 bridgehead atoms. The van der Waals surface area contributed by atoms with E-state index in [9.17, 15) is 13.6 Å². The predicted octanol–water partition coefficient (Wildman–Crippen LogP) is 2.78. The number of hydrogen-bond acceptors (Lipinski definition) is 3. The molecule has 6 heteroatoms. The summed E-state index contributed by atoms with van der Waals surface area (Å²) in [4.78, 5) is 14.9. The van der Waals surface area contributed by atoms with E-state index in [4.69, 9.17) is 11.6 Å². The number of alkyl halides is 2. The lowest BCUT2D eigenvalue weighted by Crippen LogP contribution is -2.11. The summed E-state index contributed by atoms with van der Waals surface area (Å²) in [5.74, 6) is -0.598. The smallest absolute Gasteiger partial charge is 0.311 e. The van der Waals surface area contributed by atoms with Crippen LogP contribution in [0, 0.1) is 0 Å². The van der Waals surface area contributed by atoms with E-state index in [0.29, 0.717) is 0 Å². The topological polar surface area (TPSA) is 39.2 Å². The van der Waals surface area contributed by atoms with Crippen molar-refractivity contribution in [1.29, 1.82) is 0 Å². The first-order valence-corrected chi connectivity index (χ1v) is 5.01. The van der Waals surface area contributed by atoms with Crippen LogP contribution < -0.4 is 0 Å². The first-order valence-electron chi connectivity index (χ1n) is 4.63. The molecule has 0 saturated carbocycles. The predicted molar refractivity (Wildman–Crippen MR) is 54.5 cm³/mol. The summed E-state index contributed by atoms with van der Waals surface area (Å²) in [6.07, 6.45) is -1.78. The lowest BCUT2D eigenvalue weighted by Gasteiger charge is -2.08. The van der Waals surface area contributed by atoms with Crippen LogP contribution >= 0.6 is 11.6 Å². The normalized spacial score (nSPS) is 10.6. The van der Waals surface area contributed by atoms with Gasteiger partial charge >= 0.3 is 5.97 Å².